The molecule has 0 N–H and O–H groups in total. The summed E-state index contributed by atoms with van der Waals surface area (Å²) in [6, 6.07) is 0. The van der Waals surface area contributed by atoms with Crippen LogP contribution in [0.1, 0.15) is 27.7 Å². The van der Waals surface area contributed by atoms with Crippen molar-refractivity contribution < 1.29 is 52.4 Å². The minimum absolute atomic E-state index is 0.814. The monoisotopic (exact) mass is 376 g/mol. The van der Waals surface area contributed by atoms with Crippen LogP contribution in [0.5, 0.6) is 0 Å². The van der Waals surface area contributed by atoms with E-state index in [-0.39, 0.29) is 0 Å². The number of ether oxygens (including phenoxy) is 6. The fraction of sp³-hybridized carbons (Fsp3) is 0.667. The third-order valence-corrected chi connectivity index (χ3v) is 3.12. The van der Waals surface area contributed by atoms with E-state index in [2.05, 4.69) is 4.74 Å². The molecule has 0 bridgehead atoms. The number of hydrogen-bond donors (Lipinski definition) is 0. The first-order valence-electron chi connectivity index (χ1n) is 7.49. The summed E-state index contributed by atoms with van der Waals surface area (Å²) >= 11 is 0. The van der Waals surface area contributed by atoms with Gasteiger partial charge in [-0.15, -0.1) is 0 Å². The molecule has 26 heavy (non-hydrogen) atoms. The molecule has 0 saturated carbocycles. The Labute approximate surface area is 148 Å². The summed E-state index contributed by atoms with van der Waals surface area (Å²) in [6.07, 6.45) is -7.66. The average Bonchev–Trinajstić information content (AvgIpc) is 2.50. The lowest BCUT2D eigenvalue weighted by molar-refractivity contribution is -0.294. The minimum Gasteiger partial charge on any atom is -0.467 e. The molecule has 1 aliphatic rings. The Bertz CT molecular complexity index is 584. The van der Waals surface area contributed by atoms with Gasteiger partial charge in [0, 0.05) is 27.7 Å². The second-order valence-corrected chi connectivity index (χ2v) is 5.28. The van der Waals surface area contributed by atoms with Crippen molar-refractivity contribution in [2.75, 3.05) is 7.11 Å². The lowest BCUT2D eigenvalue weighted by Gasteiger charge is -2.42. The number of methoxy groups -OCH3 is 1. The van der Waals surface area contributed by atoms with Gasteiger partial charge in [-0.2, -0.15) is 0 Å². The van der Waals surface area contributed by atoms with Gasteiger partial charge < -0.3 is 28.4 Å². The smallest absolute Gasteiger partial charge is 0.339 e. The number of hydrogen-bond acceptors (Lipinski definition) is 11. The fourth-order valence-corrected chi connectivity index (χ4v) is 2.34. The van der Waals surface area contributed by atoms with Gasteiger partial charge in [-0.05, 0) is 0 Å². The molecule has 0 unspecified atom stereocenters. The molecule has 5 atom stereocenters. The van der Waals surface area contributed by atoms with E-state index in [1.165, 1.54) is 0 Å². The lowest BCUT2D eigenvalue weighted by Crippen LogP contribution is -2.64. The molecule has 0 spiro atoms. The largest absolute Gasteiger partial charge is 0.467 e. The zero-order valence-electron chi connectivity index (χ0n) is 14.9. The molecule has 0 aromatic rings. The first-order chi connectivity index (χ1) is 12.1. The van der Waals surface area contributed by atoms with Crippen LogP contribution in [0.25, 0.3) is 0 Å². The van der Waals surface area contributed by atoms with Gasteiger partial charge in [0.15, 0.2) is 18.3 Å². The van der Waals surface area contributed by atoms with Gasteiger partial charge in [0.05, 0.1) is 7.11 Å². The molecule has 0 aromatic carbocycles. The fourth-order valence-electron chi connectivity index (χ4n) is 2.34. The SMILES string of the molecule is COC(=O)[C@H]1O[C@H](OC(C)=O)[C@@H](OC(C)=O)[C@H](OC(C)=O)[C@H]1OC(C)=O. The average molecular weight is 376 g/mol. The Morgan fingerprint density at radius 3 is 1.50 bits per heavy atom. The summed E-state index contributed by atoms with van der Waals surface area (Å²) in [5.74, 6) is -4.25. The molecule has 1 rings (SSSR count). The maximum absolute atomic E-state index is 12.0. The van der Waals surface area contributed by atoms with Crippen molar-refractivity contribution in [1.29, 1.82) is 0 Å². The van der Waals surface area contributed by atoms with Crippen molar-refractivity contribution in [2.24, 2.45) is 0 Å². The van der Waals surface area contributed by atoms with Gasteiger partial charge in [-0.25, -0.2) is 4.79 Å². The molecule has 0 aromatic heterocycles. The highest BCUT2D eigenvalue weighted by molar-refractivity contribution is 5.77. The van der Waals surface area contributed by atoms with Crippen LogP contribution in [0.2, 0.25) is 0 Å². The molecule has 11 heteroatoms. The van der Waals surface area contributed by atoms with Gasteiger partial charge >= 0.3 is 29.8 Å². The Balaban J connectivity index is 3.37. The van der Waals surface area contributed by atoms with Crippen LogP contribution >= 0.6 is 0 Å². The van der Waals surface area contributed by atoms with Crippen molar-refractivity contribution in [1.82, 2.24) is 0 Å². The van der Waals surface area contributed by atoms with Gasteiger partial charge in [-0.1, -0.05) is 0 Å². The summed E-state index contributed by atoms with van der Waals surface area (Å²) in [5, 5.41) is 0. The Morgan fingerprint density at radius 1 is 0.654 bits per heavy atom. The van der Waals surface area contributed by atoms with E-state index in [9.17, 15) is 24.0 Å². The predicted octanol–water partition coefficient (Wildman–Crippen LogP) is -0.757. The van der Waals surface area contributed by atoms with E-state index in [0.717, 1.165) is 34.8 Å². The Hall–Kier alpha value is -2.69. The number of carbonyl (C=O) groups is 5. The van der Waals surface area contributed by atoms with E-state index in [1.807, 2.05) is 0 Å². The molecular weight excluding hydrogens is 356 g/mol. The maximum Gasteiger partial charge on any atom is 0.339 e. The van der Waals surface area contributed by atoms with Crippen molar-refractivity contribution in [3.63, 3.8) is 0 Å². The van der Waals surface area contributed by atoms with Crippen LogP contribution in [-0.2, 0) is 52.4 Å². The summed E-state index contributed by atoms with van der Waals surface area (Å²) in [5.41, 5.74) is 0. The molecule has 1 heterocycles. The van der Waals surface area contributed by atoms with Crippen LogP contribution in [0.3, 0.4) is 0 Å². The van der Waals surface area contributed by atoms with E-state index in [0.29, 0.717) is 0 Å². The standard InChI is InChI=1S/C15H20O11/c1-6(16)22-10-11(23-7(2)17)13(24-8(3)18)15(25-9(4)19)26-12(10)14(20)21-5/h10-13,15H,1-5H3/t10-,11-,12+,13+,15+/m1/s1. The van der Waals surface area contributed by atoms with Gasteiger partial charge in [0.2, 0.25) is 12.4 Å². The second-order valence-electron chi connectivity index (χ2n) is 5.28. The lowest BCUT2D eigenvalue weighted by atomic mass is 9.97. The number of carbonyl (C=O) groups excluding carboxylic acids is 5. The van der Waals surface area contributed by atoms with Crippen LogP contribution in [0.15, 0.2) is 0 Å². The Morgan fingerprint density at radius 2 is 1.08 bits per heavy atom. The molecular formula is C15H20O11. The summed E-state index contributed by atoms with van der Waals surface area (Å²) in [6.45, 7) is 4.22. The van der Waals surface area contributed by atoms with E-state index in [4.69, 9.17) is 23.7 Å². The predicted molar refractivity (Wildman–Crippen MR) is 79.1 cm³/mol. The topological polar surface area (TPSA) is 141 Å². The van der Waals surface area contributed by atoms with Crippen LogP contribution < -0.4 is 0 Å². The van der Waals surface area contributed by atoms with Crippen LogP contribution in [0, 0.1) is 0 Å². The van der Waals surface area contributed by atoms with E-state index >= 15 is 0 Å². The molecule has 0 aliphatic carbocycles. The molecule has 1 fully saturated rings. The minimum atomic E-state index is -1.60. The summed E-state index contributed by atoms with van der Waals surface area (Å²) in [4.78, 5) is 57.7. The Kier molecular flexibility index (Phi) is 7.50. The van der Waals surface area contributed by atoms with Gasteiger partial charge in [0.25, 0.3) is 0 Å². The molecule has 1 saturated heterocycles. The van der Waals surface area contributed by atoms with E-state index < -0.39 is 60.6 Å². The molecule has 1 aliphatic heterocycles. The van der Waals surface area contributed by atoms with E-state index in [1.54, 1.807) is 0 Å². The maximum atomic E-state index is 12.0. The van der Waals surface area contributed by atoms with Gasteiger partial charge in [0.1, 0.15) is 0 Å². The molecule has 0 amide bonds. The quantitative estimate of drug-likeness (QED) is 0.441. The van der Waals surface area contributed by atoms with Crippen LogP contribution in [0.4, 0.5) is 0 Å². The first kappa shape index (κ1) is 21.4. The van der Waals surface area contributed by atoms with Gasteiger partial charge in [-0.3, -0.25) is 19.2 Å². The third-order valence-electron chi connectivity index (χ3n) is 3.12. The highest BCUT2D eigenvalue weighted by Gasteiger charge is 2.56. The van der Waals surface area contributed by atoms with Crippen LogP contribution in [-0.4, -0.2) is 67.7 Å². The molecule has 146 valence electrons. The molecule has 11 nitrogen and oxygen atoms in total. The highest BCUT2D eigenvalue weighted by Crippen LogP contribution is 2.30. The zero-order chi connectivity index (χ0) is 20.0. The zero-order valence-corrected chi connectivity index (χ0v) is 14.9. The first-order valence-corrected chi connectivity index (χ1v) is 7.49. The summed E-state index contributed by atoms with van der Waals surface area (Å²) < 4.78 is 30.0. The second kappa shape index (κ2) is 9.13. The highest BCUT2D eigenvalue weighted by atomic mass is 16.7. The number of esters is 5. The van der Waals surface area contributed by atoms with Crippen molar-refractivity contribution in [3.8, 4) is 0 Å². The normalized spacial score (nSPS) is 27.7. The van der Waals surface area contributed by atoms with Crippen molar-refractivity contribution in [3.05, 3.63) is 0 Å². The van der Waals surface area contributed by atoms with Crippen molar-refractivity contribution in [2.45, 2.75) is 58.4 Å². The number of rotatable bonds is 5. The third kappa shape index (κ3) is 5.69. The summed E-state index contributed by atoms with van der Waals surface area (Å²) in [7, 11) is 1.05. The molecule has 0 radical (unpaired) electrons. The van der Waals surface area contributed by atoms with Crippen molar-refractivity contribution >= 4 is 29.8 Å².